The minimum atomic E-state index is -0.0914. The molecule has 0 fully saturated rings. The Balaban J connectivity index is 1.79. The summed E-state index contributed by atoms with van der Waals surface area (Å²) in [5.41, 5.74) is 0.861. The second-order valence-electron chi connectivity index (χ2n) is 4.55. The third-order valence-corrected chi connectivity index (χ3v) is 2.87. The van der Waals surface area contributed by atoms with Crippen molar-refractivity contribution in [3.63, 3.8) is 0 Å². The molecule has 0 aliphatic carbocycles. The summed E-state index contributed by atoms with van der Waals surface area (Å²) in [5.74, 6) is 0.798. The molecule has 0 aliphatic rings. The highest BCUT2D eigenvalue weighted by molar-refractivity contribution is 5.83. The van der Waals surface area contributed by atoms with E-state index in [0.717, 1.165) is 16.7 Å². The molecule has 0 spiro atoms. The predicted octanol–water partition coefficient (Wildman–Crippen LogP) is 2.46. The first-order valence-corrected chi connectivity index (χ1v) is 6.39. The molecule has 4 nitrogen and oxygen atoms in total. The van der Waals surface area contributed by atoms with Crippen molar-refractivity contribution in [2.24, 2.45) is 0 Å². The van der Waals surface area contributed by atoms with Gasteiger partial charge in [-0.1, -0.05) is 18.2 Å². The summed E-state index contributed by atoms with van der Waals surface area (Å²) in [6.07, 6.45) is 1.21. The molecule has 0 bridgehead atoms. The maximum absolute atomic E-state index is 11.4. The number of fused-ring (bicyclic) bond motifs is 1. The van der Waals surface area contributed by atoms with Crippen molar-refractivity contribution in [3.05, 3.63) is 36.1 Å². The standard InChI is InChI=1S/C15H17NO3/c1-11(17)6-7-15(18)16-9-8-13-10-12-4-2-3-5-14(12)19-13/h2-5,10H,6-9H2,1H3,(H,16,18). The maximum atomic E-state index is 11.4. The Kier molecular flexibility index (Phi) is 4.34. The first-order valence-electron chi connectivity index (χ1n) is 6.39. The highest BCUT2D eigenvalue weighted by atomic mass is 16.3. The molecule has 2 rings (SSSR count). The summed E-state index contributed by atoms with van der Waals surface area (Å²) in [6.45, 7) is 2.01. The summed E-state index contributed by atoms with van der Waals surface area (Å²) in [6, 6.07) is 9.79. The van der Waals surface area contributed by atoms with Crippen molar-refractivity contribution in [3.8, 4) is 0 Å². The number of rotatable bonds is 6. The molecule has 100 valence electrons. The van der Waals surface area contributed by atoms with E-state index in [1.807, 2.05) is 30.3 Å². The van der Waals surface area contributed by atoms with E-state index < -0.39 is 0 Å². The number of hydrogen-bond donors (Lipinski definition) is 1. The van der Waals surface area contributed by atoms with Gasteiger partial charge in [-0.25, -0.2) is 0 Å². The topological polar surface area (TPSA) is 59.3 Å². The lowest BCUT2D eigenvalue weighted by Crippen LogP contribution is -2.25. The smallest absolute Gasteiger partial charge is 0.220 e. The van der Waals surface area contributed by atoms with E-state index in [0.29, 0.717) is 19.4 Å². The van der Waals surface area contributed by atoms with Gasteiger partial charge in [0.15, 0.2) is 0 Å². The molecule has 1 N–H and O–H groups in total. The number of ketones is 1. The lowest BCUT2D eigenvalue weighted by atomic mass is 10.2. The summed E-state index contributed by atoms with van der Waals surface area (Å²) < 4.78 is 5.64. The number of para-hydroxylation sites is 1. The van der Waals surface area contributed by atoms with E-state index in [2.05, 4.69) is 5.32 Å². The zero-order valence-electron chi connectivity index (χ0n) is 10.9. The third kappa shape index (κ3) is 3.95. The quantitative estimate of drug-likeness (QED) is 0.866. The third-order valence-electron chi connectivity index (χ3n) is 2.87. The monoisotopic (exact) mass is 259 g/mol. The summed E-state index contributed by atoms with van der Waals surface area (Å²) in [7, 11) is 0. The van der Waals surface area contributed by atoms with Crippen molar-refractivity contribution < 1.29 is 14.0 Å². The number of benzene rings is 1. The van der Waals surface area contributed by atoms with Gasteiger partial charge in [0.1, 0.15) is 17.1 Å². The van der Waals surface area contributed by atoms with Crippen LogP contribution in [-0.2, 0) is 16.0 Å². The van der Waals surface area contributed by atoms with Gasteiger partial charge in [-0.15, -0.1) is 0 Å². The van der Waals surface area contributed by atoms with Gasteiger partial charge < -0.3 is 14.5 Å². The largest absolute Gasteiger partial charge is 0.461 e. The first kappa shape index (κ1) is 13.3. The zero-order valence-corrected chi connectivity index (χ0v) is 10.9. The van der Waals surface area contributed by atoms with Crippen LogP contribution in [0.15, 0.2) is 34.7 Å². The van der Waals surface area contributed by atoms with Crippen LogP contribution < -0.4 is 5.32 Å². The normalized spacial score (nSPS) is 10.6. The van der Waals surface area contributed by atoms with Crippen molar-refractivity contribution in [1.82, 2.24) is 5.32 Å². The van der Waals surface area contributed by atoms with Gasteiger partial charge >= 0.3 is 0 Å². The number of Topliss-reactive ketones (excluding diaryl/α,β-unsaturated/α-hetero) is 1. The molecular formula is C15H17NO3. The highest BCUT2D eigenvalue weighted by Gasteiger charge is 2.05. The van der Waals surface area contributed by atoms with E-state index in [4.69, 9.17) is 4.42 Å². The zero-order chi connectivity index (χ0) is 13.7. The Morgan fingerprint density at radius 3 is 2.74 bits per heavy atom. The summed E-state index contributed by atoms with van der Waals surface area (Å²) in [4.78, 5) is 22.2. The Morgan fingerprint density at radius 2 is 2.00 bits per heavy atom. The van der Waals surface area contributed by atoms with Crippen LogP contribution in [0.4, 0.5) is 0 Å². The lowest BCUT2D eigenvalue weighted by molar-refractivity contribution is -0.124. The molecule has 1 heterocycles. The van der Waals surface area contributed by atoms with E-state index in [-0.39, 0.29) is 18.1 Å². The molecular weight excluding hydrogens is 242 g/mol. The fourth-order valence-electron chi connectivity index (χ4n) is 1.86. The maximum Gasteiger partial charge on any atom is 0.220 e. The van der Waals surface area contributed by atoms with Gasteiger partial charge in [0, 0.05) is 31.2 Å². The molecule has 0 unspecified atom stereocenters. The van der Waals surface area contributed by atoms with Crippen molar-refractivity contribution >= 4 is 22.7 Å². The molecule has 0 radical (unpaired) electrons. The van der Waals surface area contributed by atoms with Gasteiger partial charge in [-0.2, -0.15) is 0 Å². The average Bonchev–Trinajstić information content (AvgIpc) is 2.79. The molecule has 1 aromatic heterocycles. The number of nitrogens with one attached hydrogen (secondary N) is 1. The molecule has 2 aromatic rings. The molecule has 1 amide bonds. The molecule has 0 saturated heterocycles. The molecule has 4 heteroatoms. The van der Waals surface area contributed by atoms with E-state index in [1.165, 1.54) is 6.92 Å². The number of amides is 1. The number of furan rings is 1. The Bertz CT molecular complexity index is 553. The van der Waals surface area contributed by atoms with Crippen LogP contribution in [0.5, 0.6) is 0 Å². The Morgan fingerprint density at radius 1 is 1.21 bits per heavy atom. The van der Waals surface area contributed by atoms with Crippen LogP contribution in [0.1, 0.15) is 25.5 Å². The lowest BCUT2D eigenvalue weighted by Gasteiger charge is -2.02. The average molecular weight is 259 g/mol. The predicted molar refractivity (Wildman–Crippen MR) is 72.8 cm³/mol. The minimum Gasteiger partial charge on any atom is -0.461 e. The van der Waals surface area contributed by atoms with E-state index >= 15 is 0 Å². The second kappa shape index (κ2) is 6.18. The Labute approximate surface area is 111 Å². The van der Waals surface area contributed by atoms with Gasteiger partial charge in [0.25, 0.3) is 0 Å². The number of hydrogen-bond acceptors (Lipinski definition) is 3. The molecule has 0 aliphatic heterocycles. The van der Waals surface area contributed by atoms with Gasteiger partial charge in [-0.3, -0.25) is 4.79 Å². The van der Waals surface area contributed by atoms with Gasteiger partial charge in [-0.05, 0) is 19.1 Å². The van der Waals surface area contributed by atoms with Crippen LogP contribution in [0, 0.1) is 0 Å². The van der Waals surface area contributed by atoms with Crippen LogP contribution >= 0.6 is 0 Å². The molecule has 1 aromatic carbocycles. The summed E-state index contributed by atoms with van der Waals surface area (Å²) >= 11 is 0. The summed E-state index contributed by atoms with van der Waals surface area (Å²) in [5, 5.41) is 3.85. The molecule has 0 saturated carbocycles. The van der Waals surface area contributed by atoms with E-state index in [9.17, 15) is 9.59 Å². The SMILES string of the molecule is CC(=O)CCC(=O)NCCc1cc2ccccc2o1. The van der Waals surface area contributed by atoms with Crippen LogP contribution in [0.3, 0.4) is 0 Å². The molecule has 0 atom stereocenters. The van der Waals surface area contributed by atoms with Crippen molar-refractivity contribution in [1.29, 1.82) is 0 Å². The van der Waals surface area contributed by atoms with Crippen LogP contribution in [-0.4, -0.2) is 18.2 Å². The van der Waals surface area contributed by atoms with E-state index in [1.54, 1.807) is 0 Å². The van der Waals surface area contributed by atoms with Crippen LogP contribution in [0.25, 0.3) is 11.0 Å². The van der Waals surface area contributed by atoms with Crippen molar-refractivity contribution in [2.75, 3.05) is 6.54 Å². The second-order valence-corrected chi connectivity index (χ2v) is 4.55. The fraction of sp³-hybridized carbons (Fsp3) is 0.333. The number of carbonyl (C=O) groups is 2. The van der Waals surface area contributed by atoms with Crippen molar-refractivity contribution in [2.45, 2.75) is 26.2 Å². The van der Waals surface area contributed by atoms with Gasteiger partial charge in [0.05, 0.1) is 0 Å². The first-order chi connectivity index (χ1) is 9.15. The van der Waals surface area contributed by atoms with Crippen LogP contribution in [0.2, 0.25) is 0 Å². The van der Waals surface area contributed by atoms with Gasteiger partial charge in [0.2, 0.25) is 5.91 Å². The minimum absolute atomic E-state index is 0.0347. The number of carbonyl (C=O) groups excluding carboxylic acids is 2. The fourth-order valence-corrected chi connectivity index (χ4v) is 1.86. The highest BCUT2D eigenvalue weighted by Crippen LogP contribution is 2.18. The molecule has 19 heavy (non-hydrogen) atoms. The Hall–Kier alpha value is -2.10.